The quantitative estimate of drug-likeness (QED) is 0.162. The van der Waals surface area contributed by atoms with Gasteiger partial charge in [0.1, 0.15) is 11.2 Å². The van der Waals surface area contributed by atoms with Crippen LogP contribution >= 0.6 is 0 Å². The van der Waals surface area contributed by atoms with E-state index in [1.165, 1.54) is 115 Å². The highest BCUT2D eigenvalue weighted by atomic mass is 16.3. The van der Waals surface area contributed by atoms with Gasteiger partial charge in [-0.2, -0.15) is 0 Å². The van der Waals surface area contributed by atoms with Crippen LogP contribution < -0.4 is 26.2 Å². The molecule has 0 saturated heterocycles. The lowest BCUT2D eigenvalue weighted by atomic mass is 9.33. The van der Waals surface area contributed by atoms with Crippen molar-refractivity contribution in [1.29, 1.82) is 0 Å². The Balaban J connectivity index is 1.31. The fourth-order valence-electron chi connectivity index (χ4n) is 12.0. The molecule has 0 amide bonds. The molecule has 4 aliphatic rings. The number of hydrogen-bond donors (Lipinski definition) is 0. The Bertz CT molecular complexity index is 2990. The van der Waals surface area contributed by atoms with E-state index in [4.69, 9.17) is 4.42 Å². The zero-order valence-corrected chi connectivity index (χ0v) is 38.5. The fraction of sp³-hybridized carbons (Fsp3) is 0.368. The van der Waals surface area contributed by atoms with Gasteiger partial charge < -0.3 is 14.2 Å². The van der Waals surface area contributed by atoms with Crippen molar-refractivity contribution in [3.8, 4) is 11.1 Å². The second kappa shape index (κ2) is 12.5. The molecule has 308 valence electrons. The number of nitrogens with zero attached hydrogens (tertiary/aromatic N) is 2. The van der Waals surface area contributed by atoms with Crippen molar-refractivity contribution in [3.63, 3.8) is 0 Å². The van der Waals surface area contributed by atoms with E-state index in [0.29, 0.717) is 0 Å². The molecule has 0 bridgehead atoms. The van der Waals surface area contributed by atoms with Crippen LogP contribution in [0.15, 0.2) is 108 Å². The molecule has 0 N–H and O–H groups in total. The Morgan fingerprint density at radius 3 is 1.95 bits per heavy atom. The molecule has 0 radical (unpaired) electrons. The zero-order valence-electron chi connectivity index (χ0n) is 38.5. The van der Waals surface area contributed by atoms with Crippen LogP contribution in [-0.4, -0.2) is 12.3 Å². The maximum absolute atomic E-state index is 7.36. The van der Waals surface area contributed by atoms with Gasteiger partial charge in [0.15, 0.2) is 0 Å². The molecule has 3 aliphatic heterocycles. The highest BCUT2D eigenvalue weighted by Crippen LogP contribution is 2.62. The minimum atomic E-state index is -0.0607. The molecule has 1 saturated carbocycles. The van der Waals surface area contributed by atoms with Gasteiger partial charge in [-0.1, -0.05) is 143 Å². The molecule has 7 aromatic rings. The van der Waals surface area contributed by atoms with Gasteiger partial charge in [-0.05, 0) is 135 Å². The summed E-state index contributed by atoms with van der Waals surface area (Å²) in [5.74, 6) is 0. The van der Waals surface area contributed by atoms with E-state index in [2.05, 4.69) is 196 Å². The average Bonchev–Trinajstić information content (AvgIpc) is 3.68. The third-order valence-corrected chi connectivity index (χ3v) is 15.7. The van der Waals surface area contributed by atoms with Gasteiger partial charge in [0, 0.05) is 44.5 Å². The zero-order chi connectivity index (χ0) is 42.8. The normalized spacial score (nSPS) is 20.6. The minimum Gasteiger partial charge on any atom is -0.457 e. The van der Waals surface area contributed by atoms with Crippen LogP contribution in [-0.2, 0) is 21.7 Å². The lowest BCUT2D eigenvalue weighted by molar-refractivity contribution is 0.195. The van der Waals surface area contributed by atoms with Gasteiger partial charge in [0.05, 0.1) is 11.2 Å². The van der Waals surface area contributed by atoms with Crippen molar-refractivity contribution < 1.29 is 4.42 Å². The van der Waals surface area contributed by atoms with E-state index >= 15 is 0 Å². The maximum atomic E-state index is 7.36. The highest BCUT2D eigenvalue weighted by molar-refractivity contribution is 7.01. The lowest BCUT2D eigenvalue weighted by Gasteiger charge is -2.52. The number of rotatable bonds is 2. The first-order valence-electron chi connectivity index (χ1n) is 22.9. The molecule has 11 rings (SSSR count). The second-order valence-electron chi connectivity index (χ2n) is 22.6. The maximum Gasteiger partial charge on any atom is 0.257 e. The summed E-state index contributed by atoms with van der Waals surface area (Å²) < 4.78 is 7.36. The highest BCUT2D eigenvalue weighted by Gasteiger charge is 2.62. The Labute approximate surface area is 364 Å². The predicted octanol–water partition coefficient (Wildman–Crippen LogP) is 13.8. The fourth-order valence-corrected chi connectivity index (χ4v) is 12.0. The van der Waals surface area contributed by atoms with Crippen LogP contribution in [0.25, 0.3) is 33.1 Å². The van der Waals surface area contributed by atoms with Crippen molar-refractivity contribution >= 4 is 73.5 Å². The van der Waals surface area contributed by atoms with Gasteiger partial charge in [-0.15, -0.1) is 0 Å². The molecule has 61 heavy (non-hydrogen) atoms. The molecule has 4 heteroatoms. The summed E-state index contributed by atoms with van der Waals surface area (Å²) in [7, 11) is 0. The molecule has 0 spiro atoms. The van der Waals surface area contributed by atoms with Gasteiger partial charge in [0.25, 0.3) is 6.71 Å². The summed E-state index contributed by atoms with van der Waals surface area (Å²) in [5.41, 5.74) is 21.9. The van der Waals surface area contributed by atoms with Crippen molar-refractivity contribution in [1.82, 2.24) is 0 Å². The summed E-state index contributed by atoms with van der Waals surface area (Å²) in [6.45, 7) is 28.5. The number of aryl methyl sites for hydroxylation is 1. The molecule has 6 aromatic carbocycles. The first-order valence-corrected chi connectivity index (χ1v) is 22.9. The van der Waals surface area contributed by atoms with E-state index in [-0.39, 0.29) is 33.9 Å². The third-order valence-electron chi connectivity index (χ3n) is 15.7. The molecule has 1 fully saturated rings. The van der Waals surface area contributed by atoms with E-state index in [1.807, 2.05) is 0 Å². The third kappa shape index (κ3) is 5.30. The Morgan fingerprint density at radius 1 is 0.590 bits per heavy atom. The molecular weight excluding hydrogens is 739 g/mol. The van der Waals surface area contributed by atoms with Crippen molar-refractivity contribution in [2.75, 3.05) is 9.80 Å². The number of anilines is 5. The first-order chi connectivity index (χ1) is 28.8. The van der Waals surface area contributed by atoms with Crippen LogP contribution in [0, 0.1) is 6.92 Å². The van der Waals surface area contributed by atoms with Crippen molar-refractivity contribution in [2.24, 2.45) is 0 Å². The van der Waals surface area contributed by atoms with Crippen LogP contribution in [0.5, 0.6) is 0 Å². The van der Waals surface area contributed by atoms with Crippen LogP contribution in [0.3, 0.4) is 0 Å². The molecule has 1 aromatic heterocycles. The topological polar surface area (TPSA) is 19.6 Å². The van der Waals surface area contributed by atoms with E-state index in [1.54, 1.807) is 5.56 Å². The van der Waals surface area contributed by atoms with Crippen LogP contribution in [0.2, 0.25) is 0 Å². The van der Waals surface area contributed by atoms with Gasteiger partial charge in [-0.3, -0.25) is 0 Å². The molecule has 2 atom stereocenters. The summed E-state index contributed by atoms with van der Waals surface area (Å²) in [5, 5.41) is 2.38. The molecule has 4 heterocycles. The number of benzene rings is 6. The Morgan fingerprint density at radius 2 is 1.23 bits per heavy atom. The molecule has 3 nitrogen and oxygen atoms in total. The minimum absolute atomic E-state index is 0.00588. The standard InChI is InChI=1S/C57H61BN2O/c1-34-28-46-49-47(29-34)60-51-42(56(11)26-16-17-27-57(56,60)12)31-38(55(8,9)10)32-43(51)58(49)50-45(25-23-40-39-22-20-37(54(5,6)7)33-48(39)61-52(40)50)59(46)44-24-21-36(53(2,3)4)30-41(44)35-18-14-13-15-19-35/h13-15,18-25,28-33H,16-17,26-27H2,1-12H3. The van der Waals surface area contributed by atoms with Crippen LogP contribution in [0.1, 0.15) is 130 Å². The smallest absolute Gasteiger partial charge is 0.257 e. The van der Waals surface area contributed by atoms with Crippen LogP contribution in [0.4, 0.5) is 28.4 Å². The van der Waals surface area contributed by atoms with E-state index in [9.17, 15) is 0 Å². The van der Waals surface area contributed by atoms with E-state index < -0.39 is 0 Å². The predicted molar refractivity (Wildman–Crippen MR) is 262 cm³/mol. The van der Waals surface area contributed by atoms with Gasteiger partial charge in [-0.25, -0.2) is 0 Å². The monoisotopic (exact) mass is 800 g/mol. The molecule has 1 aliphatic carbocycles. The average molecular weight is 801 g/mol. The number of fused-ring (bicyclic) bond motifs is 11. The SMILES string of the molecule is Cc1cc2c3c(c1)N1c4c(cc(C(C)(C)C)cc4C4(C)CCCCC14C)B3c1c(ccc3c1oc1cc(C(C)(C)C)ccc13)N2c1ccc(C(C)(C)C)cc1-c1ccccc1. The Kier molecular flexibility index (Phi) is 7.90. The molecular formula is C57H61BN2O. The Hall–Kier alpha value is -5.22. The summed E-state index contributed by atoms with van der Waals surface area (Å²) in [6.07, 6.45) is 4.89. The summed E-state index contributed by atoms with van der Waals surface area (Å²) in [6, 6.07) is 40.2. The summed E-state index contributed by atoms with van der Waals surface area (Å²) >= 11 is 0. The molecule has 2 unspecified atom stereocenters. The second-order valence-corrected chi connectivity index (χ2v) is 22.6. The largest absolute Gasteiger partial charge is 0.457 e. The van der Waals surface area contributed by atoms with Gasteiger partial charge >= 0.3 is 0 Å². The number of hydrogen-bond acceptors (Lipinski definition) is 3. The van der Waals surface area contributed by atoms with E-state index in [0.717, 1.165) is 11.2 Å². The first kappa shape index (κ1) is 38.7. The summed E-state index contributed by atoms with van der Waals surface area (Å²) in [4.78, 5) is 5.49. The van der Waals surface area contributed by atoms with Gasteiger partial charge in [0.2, 0.25) is 0 Å². The van der Waals surface area contributed by atoms with Crippen molar-refractivity contribution in [2.45, 2.75) is 136 Å². The number of furan rings is 1. The lowest BCUT2D eigenvalue weighted by Crippen LogP contribution is -2.64. The van der Waals surface area contributed by atoms with Crippen molar-refractivity contribution in [3.05, 3.63) is 131 Å².